The number of fused-ring (bicyclic) bond motifs is 1. The number of ether oxygens (including phenoxy) is 1. The number of rotatable bonds is 3. The molecule has 148 valence electrons. The molecular weight excluding hydrogens is 367 g/mol. The number of alkyl halides is 3. The summed E-state index contributed by atoms with van der Waals surface area (Å²) in [6, 6.07) is 0. The number of hydrogen-bond acceptors (Lipinski definition) is 6. The lowest BCUT2D eigenvalue weighted by atomic mass is 10.1. The third kappa shape index (κ3) is 5.64. The highest BCUT2D eigenvalue weighted by Gasteiger charge is 2.38. The standard InChI is InChI=1S/C14H19N5O.C2HF3O2/c1-18-8-5-15-13(18)9-19-6-3-11-12(4-7-19)16-10-17-14(11)20-2;3-2(4,5)1(6)7/h5,8,10H,3-4,6-7,9H2,1-2H3;(H,6,7). The molecule has 0 spiro atoms. The predicted molar refractivity (Wildman–Crippen MR) is 88.2 cm³/mol. The Morgan fingerprint density at radius 2 is 1.93 bits per heavy atom. The number of halogens is 3. The summed E-state index contributed by atoms with van der Waals surface area (Å²) in [6.07, 6.45) is 2.18. The molecule has 0 atom stereocenters. The number of nitrogens with zero attached hydrogens (tertiary/aromatic N) is 5. The Hall–Kier alpha value is -2.69. The molecule has 1 aliphatic heterocycles. The fourth-order valence-corrected chi connectivity index (χ4v) is 2.63. The van der Waals surface area contributed by atoms with E-state index in [-0.39, 0.29) is 0 Å². The van der Waals surface area contributed by atoms with E-state index in [1.54, 1.807) is 13.4 Å². The van der Waals surface area contributed by atoms with Crippen LogP contribution in [0.2, 0.25) is 0 Å². The highest BCUT2D eigenvalue weighted by molar-refractivity contribution is 5.73. The van der Waals surface area contributed by atoms with Gasteiger partial charge in [-0.1, -0.05) is 0 Å². The molecule has 0 fully saturated rings. The van der Waals surface area contributed by atoms with Crippen molar-refractivity contribution in [3.63, 3.8) is 0 Å². The fourth-order valence-electron chi connectivity index (χ4n) is 2.63. The van der Waals surface area contributed by atoms with E-state index in [1.165, 1.54) is 0 Å². The molecule has 2 aromatic heterocycles. The smallest absolute Gasteiger partial charge is 0.481 e. The van der Waals surface area contributed by atoms with Crippen molar-refractivity contribution in [2.45, 2.75) is 25.6 Å². The van der Waals surface area contributed by atoms with Crippen LogP contribution in [0.25, 0.3) is 0 Å². The number of aliphatic carboxylic acids is 1. The number of imidazole rings is 1. The van der Waals surface area contributed by atoms with Crippen LogP contribution in [0.1, 0.15) is 17.1 Å². The molecule has 0 aromatic carbocycles. The van der Waals surface area contributed by atoms with E-state index >= 15 is 0 Å². The molecule has 2 aromatic rings. The average Bonchev–Trinajstić information content (AvgIpc) is 2.89. The summed E-state index contributed by atoms with van der Waals surface area (Å²) in [5, 5.41) is 7.12. The molecule has 0 radical (unpaired) electrons. The van der Waals surface area contributed by atoms with Crippen molar-refractivity contribution in [1.82, 2.24) is 24.4 Å². The number of hydrogen-bond donors (Lipinski definition) is 1. The Morgan fingerprint density at radius 1 is 1.26 bits per heavy atom. The van der Waals surface area contributed by atoms with Crippen LogP contribution in [0.5, 0.6) is 5.88 Å². The SMILES string of the molecule is COc1ncnc2c1CCN(Cc1nccn1C)CC2.O=C(O)C(F)(F)F. The lowest BCUT2D eigenvalue weighted by Gasteiger charge is -2.19. The van der Waals surface area contributed by atoms with Crippen LogP contribution in [0.4, 0.5) is 13.2 Å². The van der Waals surface area contributed by atoms with Crippen molar-refractivity contribution in [2.75, 3.05) is 20.2 Å². The summed E-state index contributed by atoms with van der Waals surface area (Å²) < 4.78 is 39.1. The molecule has 0 saturated heterocycles. The first kappa shape index (κ1) is 20.6. The zero-order chi connectivity index (χ0) is 20.0. The molecule has 0 amide bonds. The molecule has 27 heavy (non-hydrogen) atoms. The van der Waals surface area contributed by atoms with Gasteiger partial charge in [-0.2, -0.15) is 13.2 Å². The molecule has 8 nitrogen and oxygen atoms in total. The van der Waals surface area contributed by atoms with Crippen molar-refractivity contribution in [3.05, 3.63) is 35.8 Å². The van der Waals surface area contributed by atoms with Crippen LogP contribution in [-0.2, 0) is 31.2 Å². The van der Waals surface area contributed by atoms with Crippen molar-refractivity contribution >= 4 is 5.97 Å². The van der Waals surface area contributed by atoms with Gasteiger partial charge in [-0.15, -0.1) is 0 Å². The van der Waals surface area contributed by atoms with Crippen LogP contribution in [-0.4, -0.2) is 61.9 Å². The Bertz CT molecular complexity index is 779. The Labute approximate surface area is 153 Å². The highest BCUT2D eigenvalue weighted by atomic mass is 19.4. The number of carboxylic acids is 1. The third-order valence-electron chi connectivity index (χ3n) is 4.06. The maximum atomic E-state index is 10.6. The van der Waals surface area contributed by atoms with Crippen molar-refractivity contribution in [1.29, 1.82) is 0 Å². The number of methoxy groups -OCH3 is 1. The average molecular weight is 387 g/mol. The van der Waals surface area contributed by atoms with Crippen LogP contribution in [0, 0.1) is 0 Å². The predicted octanol–water partition coefficient (Wildman–Crippen LogP) is 1.45. The lowest BCUT2D eigenvalue weighted by molar-refractivity contribution is -0.192. The second-order valence-corrected chi connectivity index (χ2v) is 5.84. The monoisotopic (exact) mass is 387 g/mol. The van der Waals surface area contributed by atoms with Gasteiger partial charge in [0.05, 0.1) is 19.3 Å². The second-order valence-electron chi connectivity index (χ2n) is 5.84. The summed E-state index contributed by atoms with van der Waals surface area (Å²) in [5.74, 6) is -0.949. The van der Waals surface area contributed by atoms with Gasteiger partial charge in [0.1, 0.15) is 12.2 Å². The van der Waals surface area contributed by atoms with E-state index < -0.39 is 12.1 Å². The van der Waals surface area contributed by atoms with E-state index in [9.17, 15) is 13.2 Å². The van der Waals surface area contributed by atoms with Gasteiger partial charge in [0.15, 0.2) is 0 Å². The van der Waals surface area contributed by atoms with E-state index in [0.29, 0.717) is 5.88 Å². The number of carboxylic acid groups (broad SMARTS) is 1. The maximum absolute atomic E-state index is 10.6. The quantitative estimate of drug-likeness (QED) is 0.852. The van der Waals surface area contributed by atoms with Crippen molar-refractivity contribution in [3.8, 4) is 5.88 Å². The molecule has 11 heteroatoms. The van der Waals surface area contributed by atoms with Gasteiger partial charge >= 0.3 is 12.1 Å². The first-order chi connectivity index (χ1) is 12.7. The number of aromatic nitrogens is 4. The summed E-state index contributed by atoms with van der Waals surface area (Å²) in [6.45, 7) is 2.83. The molecule has 3 heterocycles. The normalized spacial score (nSPS) is 14.6. The van der Waals surface area contributed by atoms with Crippen LogP contribution < -0.4 is 4.74 Å². The minimum absolute atomic E-state index is 0.717. The maximum Gasteiger partial charge on any atom is 0.490 e. The fraction of sp³-hybridized carbons (Fsp3) is 0.500. The van der Waals surface area contributed by atoms with Gasteiger partial charge in [0.25, 0.3) is 0 Å². The summed E-state index contributed by atoms with van der Waals surface area (Å²) in [5.41, 5.74) is 2.26. The summed E-state index contributed by atoms with van der Waals surface area (Å²) in [7, 11) is 3.70. The van der Waals surface area contributed by atoms with Crippen molar-refractivity contribution < 1.29 is 27.8 Å². The van der Waals surface area contributed by atoms with Gasteiger partial charge in [0, 0.05) is 44.5 Å². The third-order valence-corrected chi connectivity index (χ3v) is 4.06. The van der Waals surface area contributed by atoms with Gasteiger partial charge in [-0.25, -0.2) is 19.7 Å². The lowest BCUT2D eigenvalue weighted by Crippen LogP contribution is -2.27. The molecule has 0 bridgehead atoms. The van der Waals surface area contributed by atoms with E-state index in [2.05, 4.69) is 24.4 Å². The van der Waals surface area contributed by atoms with E-state index in [0.717, 1.165) is 49.6 Å². The molecule has 1 aliphatic rings. The molecule has 0 saturated carbocycles. The van der Waals surface area contributed by atoms with E-state index in [4.69, 9.17) is 14.6 Å². The minimum atomic E-state index is -5.08. The van der Waals surface area contributed by atoms with Gasteiger partial charge in [-0.3, -0.25) is 4.90 Å². The van der Waals surface area contributed by atoms with E-state index in [1.807, 2.05) is 19.4 Å². The van der Waals surface area contributed by atoms with Crippen LogP contribution >= 0.6 is 0 Å². The second kappa shape index (κ2) is 8.80. The highest BCUT2D eigenvalue weighted by Crippen LogP contribution is 2.22. The molecule has 1 N–H and O–H groups in total. The van der Waals surface area contributed by atoms with Gasteiger partial charge in [-0.05, 0) is 6.42 Å². The first-order valence-corrected chi connectivity index (χ1v) is 8.07. The Balaban J connectivity index is 0.000000321. The van der Waals surface area contributed by atoms with Crippen LogP contribution in [0.3, 0.4) is 0 Å². The minimum Gasteiger partial charge on any atom is -0.481 e. The Kier molecular flexibility index (Phi) is 6.72. The Morgan fingerprint density at radius 3 is 2.48 bits per heavy atom. The number of aryl methyl sites for hydroxylation is 1. The zero-order valence-electron chi connectivity index (χ0n) is 14.9. The summed E-state index contributed by atoms with van der Waals surface area (Å²) >= 11 is 0. The molecule has 3 rings (SSSR count). The first-order valence-electron chi connectivity index (χ1n) is 8.07. The summed E-state index contributed by atoms with van der Waals surface area (Å²) in [4.78, 5) is 24.3. The largest absolute Gasteiger partial charge is 0.490 e. The number of carbonyl (C=O) groups is 1. The molecule has 0 aliphatic carbocycles. The molecule has 0 unspecified atom stereocenters. The van der Waals surface area contributed by atoms with Crippen LogP contribution in [0.15, 0.2) is 18.7 Å². The zero-order valence-corrected chi connectivity index (χ0v) is 14.9. The molecular formula is C16H20F3N5O3. The van der Waals surface area contributed by atoms with Gasteiger partial charge in [0.2, 0.25) is 5.88 Å². The van der Waals surface area contributed by atoms with Gasteiger partial charge < -0.3 is 14.4 Å². The van der Waals surface area contributed by atoms with Crippen molar-refractivity contribution in [2.24, 2.45) is 7.05 Å². The topological polar surface area (TPSA) is 93.4 Å².